The number of carbonyl (C=O) groups excluding carboxylic acids is 2. The van der Waals surface area contributed by atoms with Crippen LogP contribution in [0.3, 0.4) is 0 Å². The number of amides is 1. The number of hydrogen-bond donors (Lipinski definition) is 2. The molecule has 0 heterocycles. The minimum Gasteiger partial charge on any atom is -0.447 e. The van der Waals surface area contributed by atoms with Gasteiger partial charge in [0.25, 0.3) is 0 Å². The molecule has 2 rings (SSSR count). The average molecular weight is 419 g/mol. The highest BCUT2D eigenvalue weighted by molar-refractivity contribution is 5.84. The highest BCUT2D eigenvalue weighted by Gasteiger charge is 2.02. The maximum Gasteiger partial charge on any atom is 0.411 e. The smallest absolute Gasteiger partial charge is 0.411 e. The first-order chi connectivity index (χ1) is 14.5. The Labute approximate surface area is 179 Å². The van der Waals surface area contributed by atoms with Gasteiger partial charge in [0.2, 0.25) is 0 Å². The maximum atomic E-state index is 11.2. The van der Waals surface area contributed by atoms with Gasteiger partial charge in [-0.05, 0) is 48.7 Å². The van der Waals surface area contributed by atoms with E-state index in [1.54, 1.807) is 7.11 Å². The van der Waals surface area contributed by atoms with Crippen LogP contribution in [-0.4, -0.2) is 53.5 Å². The highest BCUT2D eigenvalue weighted by atomic mass is 16.6. The molecule has 0 aliphatic rings. The number of aldehydes is 1. The summed E-state index contributed by atoms with van der Waals surface area (Å²) in [7, 11) is 4.97. The fourth-order valence-electron chi connectivity index (χ4n) is 2.07. The predicted octanol–water partition coefficient (Wildman–Crippen LogP) is 4.31. The van der Waals surface area contributed by atoms with Crippen molar-refractivity contribution in [3.8, 4) is 0 Å². The van der Waals surface area contributed by atoms with Gasteiger partial charge >= 0.3 is 6.09 Å². The van der Waals surface area contributed by atoms with Gasteiger partial charge in [-0.15, -0.1) is 0 Å². The first-order valence-corrected chi connectivity index (χ1v) is 9.69. The molecule has 7 nitrogen and oxygen atoms in total. The summed E-state index contributed by atoms with van der Waals surface area (Å²) in [5.41, 5.74) is 4.39. The van der Waals surface area contributed by atoms with Crippen LogP contribution in [0, 0.1) is 6.92 Å². The number of ether oxygens (including phenoxy) is 3. The van der Waals surface area contributed by atoms with Gasteiger partial charge in [-0.2, -0.15) is 0 Å². The van der Waals surface area contributed by atoms with Crippen molar-refractivity contribution in [1.29, 1.82) is 0 Å². The second-order valence-corrected chi connectivity index (χ2v) is 6.05. The van der Waals surface area contributed by atoms with Crippen LogP contribution >= 0.6 is 0 Å². The summed E-state index contributed by atoms with van der Waals surface area (Å²) in [6.07, 6.45) is 1.36. The van der Waals surface area contributed by atoms with Crippen molar-refractivity contribution in [3.63, 3.8) is 0 Å². The fraction of sp³-hybridized carbons (Fsp3) is 0.391. The molecule has 0 radical (unpaired) electrons. The molecule has 0 spiro atoms. The topological polar surface area (TPSA) is 85.9 Å². The molecular weight excluding hydrogens is 384 g/mol. The number of rotatable bonds is 8. The summed E-state index contributed by atoms with van der Waals surface area (Å²) >= 11 is 0. The van der Waals surface area contributed by atoms with Crippen molar-refractivity contribution >= 4 is 23.8 Å². The molecule has 0 atom stereocenters. The Kier molecular flexibility index (Phi) is 16.4. The molecule has 0 saturated heterocycles. The molecule has 0 aromatic heterocycles. The lowest BCUT2D eigenvalue weighted by Crippen LogP contribution is -2.16. The number of aryl methyl sites for hydroxylation is 2. The molecule has 0 unspecified atom stereocenters. The zero-order chi connectivity index (χ0) is 22.6. The molecule has 2 aromatic rings. The van der Waals surface area contributed by atoms with Gasteiger partial charge in [0.1, 0.15) is 19.5 Å². The number of benzene rings is 2. The molecular formula is C23H34N2O5. The van der Waals surface area contributed by atoms with Crippen LogP contribution in [0.5, 0.6) is 0 Å². The predicted molar refractivity (Wildman–Crippen MR) is 121 cm³/mol. The summed E-state index contributed by atoms with van der Waals surface area (Å²) in [5, 5.41) is 5.70. The Balaban J connectivity index is 0.000000481. The Morgan fingerprint density at radius 1 is 1.00 bits per heavy atom. The average Bonchev–Trinajstić information content (AvgIpc) is 2.75. The molecule has 166 valence electrons. The van der Waals surface area contributed by atoms with Crippen LogP contribution in [-0.2, 0) is 25.4 Å². The van der Waals surface area contributed by atoms with E-state index in [2.05, 4.69) is 46.6 Å². The minimum absolute atomic E-state index is 0.208. The first-order valence-electron chi connectivity index (χ1n) is 9.69. The molecule has 1 amide bonds. The van der Waals surface area contributed by atoms with Crippen LogP contribution in [0.15, 0.2) is 48.5 Å². The first kappa shape index (κ1) is 27.1. The molecule has 0 saturated carbocycles. The third kappa shape index (κ3) is 14.1. The number of methoxy groups -OCH3 is 2. The minimum atomic E-state index is -0.461. The van der Waals surface area contributed by atoms with Crippen molar-refractivity contribution < 1.29 is 23.8 Å². The zero-order valence-corrected chi connectivity index (χ0v) is 18.6. The summed E-state index contributed by atoms with van der Waals surface area (Å²) in [4.78, 5) is 20.5. The summed E-state index contributed by atoms with van der Waals surface area (Å²) in [6.45, 7) is 4.99. The SMILES string of the molecule is CCc1ccc(NC)cc1.COCC=O.COCCOC(=O)Nc1cccc(C)c1. The lowest BCUT2D eigenvalue weighted by molar-refractivity contribution is -0.110. The fourth-order valence-corrected chi connectivity index (χ4v) is 2.07. The van der Waals surface area contributed by atoms with Crippen molar-refractivity contribution in [2.45, 2.75) is 20.3 Å². The summed E-state index contributed by atoms with van der Waals surface area (Å²) in [5.74, 6) is 0. The van der Waals surface area contributed by atoms with Gasteiger partial charge in [0.05, 0.1) is 6.61 Å². The molecule has 0 fully saturated rings. The summed E-state index contributed by atoms with van der Waals surface area (Å²) in [6, 6.07) is 16.0. The lowest BCUT2D eigenvalue weighted by atomic mass is 10.1. The van der Waals surface area contributed by atoms with Crippen molar-refractivity contribution in [2.75, 3.05) is 51.7 Å². The highest BCUT2D eigenvalue weighted by Crippen LogP contribution is 2.09. The normalized spacial score (nSPS) is 9.23. The number of carbonyl (C=O) groups is 2. The van der Waals surface area contributed by atoms with Crippen molar-refractivity contribution in [2.24, 2.45) is 0 Å². The molecule has 7 heteroatoms. The largest absolute Gasteiger partial charge is 0.447 e. The second-order valence-electron chi connectivity index (χ2n) is 6.05. The summed E-state index contributed by atoms with van der Waals surface area (Å²) < 4.78 is 13.9. The third-order valence-corrected chi connectivity index (χ3v) is 3.67. The Bertz CT molecular complexity index is 682. The van der Waals surface area contributed by atoms with Crippen LogP contribution in [0.1, 0.15) is 18.1 Å². The molecule has 0 aliphatic carbocycles. The van der Waals surface area contributed by atoms with Gasteiger partial charge in [-0.3, -0.25) is 5.32 Å². The molecule has 30 heavy (non-hydrogen) atoms. The third-order valence-electron chi connectivity index (χ3n) is 3.67. The Morgan fingerprint density at radius 3 is 2.17 bits per heavy atom. The molecule has 2 aromatic carbocycles. The van der Waals surface area contributed by atoms with E-state index < -0.39 is 6.09 Å². The van der Waals surface area contributed by atoms with Crippen molar-refractivity contribution in [1.82, 2.24) is 0 Å². The molecule has 0 bridgehead atoms. The van der Waals surface area contributed by atoms with Gasteiger partial charge in [0, 0.05) is 32.6 Å². The van der Waals surface area contributed by atoms with E-state index in [1.807, 2.05) is 38.2 Å². The van der Waals surface area contributed by atoms with Crippen LogP contribution in [0.4, 0.5) is 16.2 Å². The van der Waals surface area contributed by atoms with E-state index in [-0.39, 0.29) is 13.2 Å². The van der Waals surface area contributed by atoms with E-state index in [9.17, 15) is 9.59 Å². The Hall–Kier alpha value is -2.90. The van der Waals surface area contributed by atoms with Gasteiger partial charge < -0.3 is 24.3 Å². The van der Waals surface area contributed by atoms with Gasteiger partial charge in [0.15, 0.2) is 0 Å². The van der Waals surface area contributed by atoms with Crippen molar-refractivity contribution in [3.05, 3.63) is 59.7 Å². The maximum absolute atomic E-state index is 11.2. The number of hydrogen-bond acceptors (Lipinski definition) is 6. The quantitative estimate of drug-likeness (QED) is 0.491. The van der Waals surface area contributed by atoms with Crippen LogP contribution in [0.2, 0.25) is 0 Å². The van der Waals surface area contributed by atoms with E-state index in [4.69, 9.17) is 9.47 Å². The monoisotopic (exact) mass is 418 g/mol. The Morgan fingerprint density at radius 2 is 1.70 bits per heavy atom. The molecule has 0 aliphatic heterocycles. The number of anilines is 2. The van der Waals surface area contributed by atoms with E-state index >= 15 is 0 Å². The van der Waals surface area contributed by atoms with Gasteiger partial charge in [-0.25, -0.2) is 4.79 Å². The lowest BCUT2D eigenvalue weighted by Gasteiger charge is -2.06. The number of nitrogens with one attached hydrogen (secondary N) is 2. The van der Waals surface area contributed by atoms with Gasteiger partial charge in [-0.1, -0.05) is 31.2 Å². The van der Waals surface area contributed by atoms with E-state index in [1.165, 1.54) is 18.4 Å². The van der Waals surface area contributed by atoms with E-state index in [0.29, 0.717) is 12.9 Å². The zero-order valence-electron chi connectivity index (χ0n) is 18.6. The standard InChI is InChI=1S/C11H15NO3.C9H13N.C3H6O2/c1-9-4-3-5-10(8-9)12-11(13)15-7-6-14-2;1-3-8-4-6-9(10-2)7-5-8;1-5-3-2-4/h3-5,8H,6-7H2,1-2H3,(H,12,13);4-7,10H,3H2,1-2H3;2H,3H2,1H3. The van der Waals surface area contributed by atoms with Crippen LogP contribution in [0.25, 0.3) is 0 Å². The second kappa shape index (κ2) is 18.1. The van der Waals surface area contributed by atoms with Crippen LogP contribution < -0.4 is 10.6 Å². The van der Waals surface area contributed by atoms with E-state index in [0.717, 1.165) is 17.7 Å². The molecule has 2 N–H and O–H groups in total.